The Labute approximate surface area is 227 Å². The first-order chi connectivity index (χ1) is 18.2. The number of carbonyl (C=O) groups excluding carboxylic acids is 2. The zero-order valence-electron chi connectivity index (χ0n) is 21.4. The second-order valence-corrected chi connectivity index (χ2v) is 11.9. The smallest absolute Gasteiger partial charge is 0.319 e. The van der Waals surface area contributed by atoms with Crippen molar-refractivity contribution in [1.82, 2.24) is 5.32 Å². The molecule has 3 rings (SSSR count). The van der Waals surface area contributed by atoms with E-state index in [0.29, 0.717) is 12.0 Å². The van der Waals surface area contributed by atoms with Crippen LogP contribution < -0.4 is 20.8 Å². The Morgan fingerprint density at radius 2 is 1.74 bits per heavy atom. The van der Waals surface area contributed by atoms with E-state index in [9.17, 15) is 14.0 Å². The third-order valence-corrected chi connectivity index (χ3v) is 8.99. The number of rotatable bonds is 11. The number of nitrogens with zero attached hydrogens (tertiary/aromatic N) is 1. The van der Waals surface area contributed by atoms with Crippen LogP contribution in [0, 0.1) is 17.5 Å². The van der Waals surface area contributed by atoms with Crippen molar-refractivity contribution in [2.24, 2.45) is 0 Å². The zero-order chi connectivity index (χ0) is 27.8. The first kappa shape index (κ1) is 29.5. The summed E-state index contributed by atoms with van der Waals surface area (Å²) in [4.78, 5) is 25.1. The SMILES string of the molecule is CCP(CC)c1ccccc1-c1ccc(N(C=O)CCC(C)NC(=O)Nc2ccc(Cl)cc2F)c(F)c1F. The molecule has 2 N–H and O–H groups in total. The van der Waals surface area contributed by atoms with Gasteiger partial charge in [-0.1, -0.05) is 57.6 Å². The number of anilines is 2. The number of benzene rings is 3. The van der Waals surface area contributed by atoms with Gasteiger partial charge in [-0.25, -0.2) is 18.0 Å². The van der Waals surface area contributed by atoms with Gasteiger partial charge in [0.25, 0.3) is 0 Å². The number of hydrogen-bond acceptors (Lipinski definition) is 2. The monoisotopic (exact) mass is 563 g/mol. The maximum atomic E-state index is 15.3. The molecule has 3 amide bonds. The predicted molar refractivity (Wildman–Crippen MR) is 150 cm³/mol. The second kappa shape index (κ2) is 13.6. The molecule has 10 heteroatoms. The van der Waals surface area contributed by atoms with Crippen molar-refractivity contribution >= 4 is 48.6 Å². The average molecular weight is 564 g/mol. The van der Waals surface area contributed by atoms with Gasteiger partial charge in [-0.2, -0.15) is 0 Å². The Bertz CT molecular complexity index is 1290. The van der Waals surface area contributed by atoms with Crippen LogP contribution in [0.3, 0.4) is 0 Å². The van der Waals surface area contributed by atoms with E-state index in [1.165, 1.54) is 24.3 Å². The normalized spacial score (nSPS) is 11.8. The molecule has 3 aromatic rings. The van der Waals surface area contributed by atoms with E-state index in [0.717, 1.165) is 28.6 Å². The van der Waals surface area contributed by atoms with Crippen LogP contribution in [0.5, 0.6) is 0 Å². The largest absolute Gasteiger partial charge is 0.335 e. The molecule has 0 radical (unpaired) electrons. The fourth-order valence-electron chi connectivity index (χ4n) is 4.12. The highest BCUT2D eigenvalue weighted by Crippen LogP contribution is 2.39. The molecule has 0 aromatic heterocycles. The number of carbonyl (C=O) groups is 2. The molecule has 38 heavy (non-hydrogen) atoms. The lowest BCUT2D eigenvalue weighted by Gasteiger charge is -2.23. The molecule has 0 aliphatic rings. The van der Waals surface area contributed by atoms with Crippen LogP contribution in [-0.2, 0) is 4.79 Å². The summed E-state index contributed by atoms with van der Waals surface area (Å²) in [5.74, 6) is -2.81. The molecule has 0 aliphatic heterocycles. The molecule has 0 fully saturated rings. The molecule has 1 unspecified atom stereocenters. The standard InChI is InChI=1S/C28H30ClF3N3O2P/c1-4-38(5-2)25-9-7-6-8-20(25)21-11-13-24(27(32)26(21)31)35(17-36)15-14-18(3)33-28(37)34-23-12-10-19(29)16-22(23)30/h6-13,16-18H,4-5,14-15H2,1-3H3,(H2,33,34,37). The van der Waals surface area contributed by atoms with Crippen molar-refractivity contribution in [3.05, 3.63) is 77.1 Å². The van der Waals surface area contributed by atoms with Crippen molar-refractivity contribution in [2.45, 2.75) is 33.2 Å². The molecule has 0 heterocycles. The van der Waals surface area contributed by atoms with Gasteiger partial charge < -0.3 is 15.5 Å². The summed E-state index contributed by atoms with van der Waals surface area (Å²) in [5, 5.41) is 6.23. The second-order valence-electron chi connectivity index (χ2n) is 8.66. The summed E-state index contributed by atoms with van der Waals surface area (Å²) in [6, 6.07) is 13.1. The maximum Gasteiger partial charge on any atom is 0.319 e. The van der Waals surface area contributed by atoms with E-state index >= 15 is 8.78 Å². The van der Waals surface area contributed by atoms with Crippen molar-refractivity contribution in [3.8, 4) is 11.1 Å². The van der Waals surface area contributed by atoms with Gasteiger partial charge in [0.05, 0.1) is 11.4 Å². The van der Waals surface area contributed by atoms with Crippen LogP contribution in [0.15, 0.2) is 54.6 Å². The summed E-state index contributed by atoms with van der Waals surface area (Å²) in [5.41, 5.74) is 0.581. The molecule has 1 atom stereocenters. The molecule has 0 saturated heterocycles. The van der Waals surface area contributed by atoms with Gasteiger partial charge in [-0.15, -0.1) is 0 Å². The number of nitrogens with one attached hydrogen (secondary N) is 2. The van der Waals surface area contributed by atoms with Gasteiger partial charge >= 0.3 is 6.03 Å². The molecular weight excluding hydrogens is 534 g/mol. The van der Waals surface area contributed by atoms with Crippen molar-refractivity contribution in [2.75, 3.05) is 29.1 Å². The third-order valence-electron chi connectivity index (χ3n) is 6.16. The summed E-state index contributed by atoms with van der Waals surface area (Å²) in [6.07, 6.45) is 2.53. The maximum absolute atomic E-state index is 15.3. The van der Waals surface area contributed by atoms with E-state index in [-0.39, 0.29) is 34.9 Å². The fraction of sp³-hybridized carbons (Fsp3) is 0.286. The van der Waals surface area contributed by atoms with Gasteiger partial charge in [0.2, 0.25) is 6.41 Å². The van der Waals surface area contributed by atoms with Gasteiger partial charge in [0, 0.05) is 23.2 Å². The molecule has 0 saturated carbocycles. The summed E-state index contributed by atoms with van der Waals surface area (Å²) >= 11 is 5.71. The van der Waals surface area contributed by atoms with Gasteiger partial charge in [-0.3, -0.25) is 4.79 Å². The van der Waals surface area contributed by atoms with Gasteiger partial charge in [0.1, 0.15) is 5.82 Å². The minimum atomic E-state index is -1.11. The van der Waals surface area contributed by atoms with E-state index in [2.05, 4.69) is 24.5 Å². The molecule has 5 nitrogen and oxygen atoms in total. The first-order valence-electron chi connectivity index (χ1n) is 12.3. The van der Waals surface area contributed by atoms with Crippen LogP contribution in [0.1, 0.15) is 27.2 Å². The van der Waals surface area contributed by atoms with Crippen LogP contribution in [-0.4, -0.2) is 37.4 Å². The van der Waals surface area contributed by atoms with Gasteiger partial charge in [-0.05, 0) is 66.9 Å². The lowest BCUT2D eigenvalue weighted by molar-refractivity contribution is -0.107. The van der Waals surface area contributed by atoms with Crippen molar-refractivity contribution < 1.29 is 22.8 Å². The fourth-order valence-corrected chi connectivity index (χ4v) is 6.24. The van der Waals surface area contributed by atoms with Crippen LogP contribution in [0.4, 0.5) is 29.3 Å². The number of hydrogen-bond donors (Lipinski definition) is 2. The Kier molecular flexibility index (Phi) is 10.6. The minimum absolute atomic E-state index is 0.0174. The predicted octanol–water partition coefficient (Wildman–Crippen LogP) is 7.13. The Morgan fingerprint density at radius 1 is 1.03 bits per heavy atom. The van der Waals surface area contributed by atoms with Crippen LogP contribution in [0.2, 0.25) is 5.02 Å². The van der Waals surface area contributed by atoms with E-state index in [1.54, 1.807) is 19.1 Å². The Balaban J connectivity index is 1.71. The lowest BCUT2D eigenvalue weighted by Crippen LogP contribution is -2.38. The van der Waals surface area contributed by atoms with E-state index in [1.807, 2.05) is 12.1 Å². The molecule has 202 valence electrons. The molecule has 0 bridgehead atoms. The Morgan fingerprint density at radius 3 is 2.39 bits per heavy atom. The van der Waals surface area contributed by atoms with Gasteiger partial charge in [0.15, 0.2) is 11.6 Å². The molecule has 0 aliphatic carbocycles. The minimum Gasteiger partial charge on any atom is -0.335 e. The summed E-state index contributed by atoms with van der Waals surface area (Å²) in [7, 11) is -0.503. The Hall–Kier alpha value is -3.09. The summed E-state index contributed by atoms with van der Waals surface area (Å²) < 4.78 is 44.4. The number of halogens is 4. The first-order valence-corrected chi connectivity index (χ1v) is 14.4. The average Bonchev–Trinajstić information content (AvgIpc) is 2.89. The highest BCUT2D eigenvalue weighted by atomic mass is 35.5. The van der Waals surface area contributed by atoms with E-state index in [4.69, 9.17) is 11.6 Å². The topological polar surface area (TPSA) is 61.4 Å². The molecular formula is C28H30ClF3N3O2P. The highest BCUT2D eigenvalue weighted by Gasteiger charge is 2.22. The van der Waals surface area contributed by atoms with Crippen molar-refractivity contribution in [3.63, 3.8) is 0 Å². The quantitative estimate of drug-likeness (QED) is 0.192. The number of amides is 3. The molecule has 0 spiro atoms. The van der Waals surface area contributed by atoms with Crippen molar-refractivity contribution in [1.29, 1.82) is 0 Å². The molecule has 3 aromatic carbocycles. The zero-order valence-corrected chi connectivity index (χ0v) is 23.1. The van der Waals surface area contributed by atoms with Crippen LogP contribution >= 0.6 is 19.5 Å². The lowest BCUT2D eigenvalue weighted by atomic mass is 10.0. The van der Waals surface area contributed by atoms with E-state index < -0.39 is 37.4 Å². The summed E-state index contributed by atoms with van der Waals surface area (Å²) in [6.45, 7) is 5.87. The number of urea groups is 1. The van der Waals surface area contributed by atoms with Crippen LogP contribution in [0.25, 0.3) is 11.1 Å². The highest BCUT2D eigenvalue weighted by molar-refractivity contribution is 7.65. The third kappa shape index (κ3) is 7.06.